The van der Waals surface area contributed by atoms with E-state index in [1.807, 2.05) is 60.7 Å². The highest BCUT2D eigenvalue weighted by Crippen LogP contribution is 2.41. The minimum atomic E-state index is -0.999. The van der Waals surface area contributed by atoms with Crippen LogP contribution in [0.5, 0.6) is 11.5 Å². The SMILES string of the molecule is COc1ccccc1-c1ccc(C(=O)N2C(c3ccccc3OC)CC[C@H]2C(=O)O)cc1. The summed E-state index contributed by atoms with van der Waals surface area (Å²) < 4.78 is 10.9. The van der Waals surface area contributed by atoms with E-state index >= 15 is 0 Å². The summed E-state index contributed by atoms with van der Waals surface area (Å²) in [5, 5.41) is 9.78. The van der Waals surface area contributed by atoms with Crippen LogP contribution in [0.1, 0.15) is 34.8 Å². The van der Waals surface area contributed by atoms with Gasteiger partial charge in [-0.25, -0.2) is 4.79 Å². The Balaban J connectivity index is 1.68. The number of hydrogen-bond acceptors (Lipinski definition) is 4. The van der Waals surface area contributed by atoms with E-state index in [-0.39, 0.29) is 11.9 Å². The van der Waals surface area contributed by atoms with Crippen molar-refractivity contribution in [2.45, 2.75) is 24.9 Å². The van der Waals surface area contributed by atoms with Crippen molar-refractivity contribution in [3.63, 3.8) is 0 Å². The van der Waals surface area contributed by atoms with Gasteiger partial charge >= 0.3 is 5.97 Å². The monoisotopic (exact) mass is 431 g/mol. The number of rotatable bonds is 6. The van der Waals surface area contributed by atoms with Crippen molar-refractivity contribution in [1.82, 2.24) is 4.90 Å². The summed E-state index contributed by atoms with van der Waals surface area (Å²) in [4.78, 5) is 26.9. The molecule has 0 radical (unpaired) electrons. The molecule has 6 nitrogen and oxygen atoms in total. The Kier molecular flexibility index (Phi) is 6.12. The fraction of sp³-hybridized carbons (Fsp3) is 0.231. The molecular weight excluding hydrogens is 406 g/mol. The molecule has 1 amide bonds. The number of carboxylic acids is 1. The van der Waals surface area contributed by atoms with Gasteiger partial charge in [0.15, 0.2) is 0 Å². The van der Waals surface area contributed by atoms with Gasteiger partial charge in [0.1, 0.15) is 17.5 Å². The number of carbonyl (C=O) groups is 2. The second kappa shape index (κ2) is 9.14. The van der Waals surface area contributed by atoms with Gasteiger partial charge in [0, 0.05) is 16.7 Å². The maximum absolute atomic E-state index is 13.5. The van der Waals surface area contributed by atoms with Gasteiger partial charge in [-0.15, -0.1) is 0 Å². The van der Waals surface area contributed by atoms with Crippen LogP contribution in [0, 0.1) is 0 Å². The standard InChI is InChI=1S/C26H25NO5/c1-31-23-9-5-3-7-19(23)17-11-13-18(14-12-17)25(28)27-21(15-16-22(27)26(29)30)20-8-4-6-10-24(20)32-2/h3-14,21-22H,15-16H2,1-2H3,(H,29,30)/t21?,22-/m0/s1. The minimum absolute atomic E-state index is 0.308. The number of amides is 1. The first-order valence-corrected chi connectivity index (χ1v) is 10.5. The average molecular weight is 431 g/mol. The van der Waals surface area contributed by atoms with Gasteiger partial charge in [-0.1, -0.05) is 48.5 Å². The number of para-hydroxylation sites is 2. The third-order valence-corrected chi connectivity index (χ3v) is 5.95. The number of carbonyl (C=O) groups excluding carboxylic acids is 1. The van der Waals surface area contributed by atoms with Crippen molar-refractivity contribution < 1.29 is 24.2 Å². The first-order valence-electron chi connectivity index (χ1n) is 10.5. The number of carboxylic acid groups (broad SMARTS) is 1. The zero-order valence-corrected chi connectivity index (χ0v) is 18.0. The van der Waals surface area contributed by atoms with E-state index in [4.69, 9.17) is 9.47 Å². The molecule has 1 N–H and O–H groups in total. The topological polar surface area (TPSA) is 76.1 Å². The molecule has 1 saturated heterocycles. The molecule has 1 heterocycles. The summed E-state index contributed by atoms with van der Waals surface area (Å²) in [6, 6.07) is 21.0. The molecule has 32 heavy (non-hydrogen) atoms. The number of aliphatic carboxylic acids is 1. The summed E-state index contributed by atoms with van der Waals surface area (Å²) in [6.45, 7) is 0. The molecule has 1 fully saturated rings. The Hall–Kier alpha value is -3.80. The predicted molar refractivity (Wildman–Crippen MR) is 121 cm³/mol. The van der Waals surface area contributed by atoms with Gasteiger partial charge in [0.2, 0.25) is 0 Å². The number of ether oxygens (including phenoxy) is 2. The van der Waals surface area contributed by atoms with Crippen molar-refractivity contribution in [3.05, 3.63) is 83.9 Å². The molecule has 1 unspecified atom stereocenters. The largest absolute Gasteiger partial charge is 0.496 e. The van der Waals surface area contributed by atoms with Crippen molar-refractivity contribution >= 4 is 11.9 Å². The van der Waals surface area contributed by atoms with Crippen LogP contribution < -0.4 is 9.47 Å². The molecule has 0 spiro atoms. The molecule has 4 rings (SSSR count). The van der Waals surface area contributed by atoms with E-state index in [1.165, 1.54) is 4.90 Å². The molecular formula is C26H25NO5. The van der Waals surface area contributed by atoms with Crippen molar-refractivity contribution in [1.29, 1.82) is 0 Å². The quantitative estimate of drug-likeness (QED) is 0.607. The molecule has 3 aromatic carbocycles. The van der Waals surface area contributed by atoms with Crippen LogP contribution in [-0.4, -0.2) is 42.1 Å². The molecule has 2 atom stereocenters. The Morgan fingerprint density at radius 3 is 2.12 bits per heavy atom. The van der Waals surface area contributed by atoms with Crippen LogP contribution in [0.4, 0.5) is 0 Å². The van der Waals surface area contributed by atoms with Gasteiger partial charge in [-0.05, 0) is 42.7 Å². The Morgan fingerprint density at radius 1 is 0.844 bits per heavy atom. The molecule has 0 aromatic heterocycles. The molecule has 0 bridgehead atoms. The number of nitrogens with zero attached hydrogens (tertiary/aromatic N) is 1. The molecule has 164 valence electrons. The lowest BCUT2D eigenvalue weighted by Crippen LogP contribution is -2.41. The van der Waals surface area contributed by atoms with Crippen LogP contribution in [-0.2, 0) is 4.79 Å². The minimum Gasteiger partial charge on any atom is -0.496 e. The van der Waals surface area contributed by atoms with E-state index in [2.05, 4.69) is 0 Å². The molecule has 6 heteroatoms. The van der Waals surface area contributed by atoms with Gasteiger partial charge in [-0.3, -0.25) is 4.79 Å². The van der Waals surface area contributed by atoms with Crippen LogP contribution in [0.3, 0.4) is 0 Å². The van der Waals surface area contributed by atoms with Gasteiger partial charge in [-0.2, -0.15) is 0 Å². The second-order valence-corrected chi connectivity index (χ2v) is 7.68. The smallest absolute Gasteiger partial charge is 0.326 e. The maximum atomic E-state index is 13.5. The number of hydrogen-bond donors (Lipinski definition) is 1. The lowest BCUT2D eigenvalue weighted by molar-refractivity contribution is -0.141. The number of benzene rings is 3. The molecule has 0 saturated carbocycles. The van der Waals surface area contributed by atoms with E-state index in [0.29, 0.717) is 24.2 Å². The zero-order valence-electron chi connectivity index (χ0n) is 18.0. The first kappa shape index (κ1) is 21.4. The summed E-state index contributed by atoms with van der Waals surface area (Å²) >= 11 is 0. The normalized spacial score (nSPS) is 17.8. The summed E-state index contributed by atoms with van der Waals surface area (Å²) in [7, 11) is 3.19. The van der Waals surface area contributed by atoms with E-state index in [1.54, 1.807) is 26.4 Å². The number of likely N-dealkylation sites (tertiary alicyclic amines) is 1. The summed E-state index contributed by atoms with van der Waals surface area (Å²) in [6.07, 6.45) is 0.950. The fourth-order valence-corrected chi connectivity index (χ4v) is 4.41. The third kappa shape index (κ3) is 3.91. The lowest BCUT2D eigenvalue weighted by atomic mass is 10.0. The lowest BCUT2D eigenvalue weighted by Gasteiger charge is -2.29. The van der Waals surface area contributed by atoms with Gasteiger partial charge < -0.3 is 19.5 Å². The highest BCUT2D eigenvalue weighted by molar-refractivity contribution is 5.98. The summed E-state index contributed by atoms with van der Waals surface area (Å²) in [5.74, 6) is 0.0833. The molecule has 3 aromatic rings. The van der Waals surface area contributed by atoms with E-state index in [9.17, 15) is 14.7 Å². The van der Waals surface area contributed by atoms with Crippen LogP contribution in [0.15, 0.2) is 72.8 Å². The Morgan fingerprint density at radius 2 is 1.47 bits per heavy atom. The average Bonchev–Trinajstić information content (AvgIpc) is 3.29. The fourth-order valence-electron chi connectivity index (χ4n) is 4.41. The van der Waals surface area contributed by atoms with Crippen molar-refractivity contribution in [2.24, 2.45) is 0 Å². The molecule has 1 aliphatic heterocycles. The van der Waals surface area contributed by atoms with Gasteiger partial charge in [0.25, 0.3) is 5.91 Å². The van der Waals surface area contributed by atoms with Crippen molar-refractivity contribution in [3.8, 4) is 22.6 Å². The number of methoxy groups -OCH3 is 2. The first-order chi connectivity index (χ1) is 15.5. The van der Waals surface area contributed by atoms with Crippen LogP contribution in [0.2, 0.25) is 0 Å². The van der Waals surface area contributed by atoms with E-state index < -0.39 is 12.0 Å². The Labute approximate surface area is 187 Å². The highest BCUT2D eigenvalue weighted by atomic mass is 16.5. The second-order valence-electron chi connectivity index (χ2n) is 7.68. The molecule has 0 aliphatic carbocycles. The zero-order chi connectivity index (χ0) is 22.7. The highest BCUT2D eigenvalue weighted by Gasteiger charge is 2.42. The van der Waals surface area contributed by atoms with E-state index in [0.717, 1.165) is 22.4 Å². The van der Waals surface area contributed by atoms with Crippen LogP contribution in [0.25, 0.3) is 11.1 Å². The Bertz CT molecular complexity index is 1130. The maximum Gasteiger partial charge on any atom is 0.326 e. The third-order valence-electron chi connectivity index (χ3n) is 5.95. The summed E-state index contributed by atoms with van der Waals surface area (Å²) in [5.41, 5.74) is 3.09. The van der Waals surface area contributed by atoms with Crippen LogP contribution >= 0.6 is 0 Å². The predicted octanol–water partition coefficient (Wildman–Crippen LogP) is 4.80. The van der Waals surface area contributed by atoms with Gasteiger partial charge in [0.05, 0.1) is 20.3 Å². The molecule has 1 aliphatic rings. The van der Waals surface area contributed by atoms with Crippen molar-refractivity contribution in [2.75, 3.05) is 14.2 Å².